The molecule has 208 valence electrons. The largest absolute Gasteiger partial charge is 0.352 e. The van der Waals surface area contributed by atoms with E-state index in [0.29, 0.717) is 27.7 Å². The van der Waals surface area contributed by atoms with Gasteiger partial charge < -0.3 is 10.2 Å². The van der Waals surface area contributed by atoms with Crippen LogP contribution in [-0.2, 0) is 26.2 Å². The molecule has 2 aromatic rings. The predicted octanol–water partition coefficient (Wildman–Crippen LogP) is 5.63. The fourth-order valence-corrected chi connectivity index (χ4v) is 6.38. The third kappa shape index (κ3) is 7.87. The van der Waals surface area contributed by atoms with E-state index in [-0.39, 0.29) is 18.5 Å². The maximum absolute atomic E-state index is 13.9. The van der Waals surface area contributed by atoms with Gasteiger partial charge in [0.1, 0.15) is 12.6 Å². The summed E-state index contributed by atoms with van der Waals surface area (Å²) in [7, 11) is -3.81. The van der Waals surface area contributed by atoms with Gasteiger partial charge in [-0.25, -0.2) is 8.42 Å². The molecule has 3 rings (SSSR count). The first kappa shape index (κ1) is 30.3. The average molecular weight is 583 g/mol. The lowest BCUT2D eigenvalue weighted by Crippen LogP contribution is -2.54. The Bertz CT molecular complexity index is 1220. The minimum Gasteiger partial charge on any atom is -0.352 e. The van der Waals surface area contributed by atoms with Gasteiger partial charge in [-0.05, 0) is 68.5 Å². The molecular weight excluding hydrogens is 545 g/mol. The average Bonchev–Trinajstić information content (AvgIpc) is 2.83. The van der Waals surface area contributed by atoms with E-state index in [4.69, 9.17) is 23.2 Å². The van der Waals surface area contributed by atoms with E-state index >= 15 is 0 Å². The van der Waals surface area contributed by atoms with Gasteiger partial charge in [-0.1, -0.05) is 61.5 Å². The van der Waals surface area contributed by atoms with Crippen molar-refractivity contribution in [1.82, 2.24) is 10.2 Å². The van der Waals surface area contributed by atoms with Gasteiger partial charge in [0.05, 0.1) is 11.9 Å². The lowest BCUT2D eigenvalue weighted by molar-refractivity contribution is -0.140. The summed E-state index contributed by atoms with van der Waals surface area (Å²) in [5, 5.41) is 3.86. The number of anilines is 1. The van der Waals surface area contributed by atoms with Crippen molar-refractivity contribution in [2.24, 2.45) is 0 Å². The van der Waals surface area contributed by atoms with Crippen LogP contribution >= 0.6 is 23.2 Å². The first-order valence-electron chi connectivity index (χ1n) is 13.0. The van der Waals surface area contributed by atoms with E-state index in [1.165, 1.54) is 4.90 Å². The highest BCUT2D eigenvalue weighted by molar-refractivity contribution is 7.92. The minimum absolute atomic E-state index is 0.0294. The molecule has 10 heteroatoms. The highest BCUT2D eigenvalue weighted by Crippen LogP contribution is 2.28. The normalized spacial score (nSPS) is 15.1. The van der Waals surface area contributed by atoms with Crippen LogP contribution in [-0.4, -0.2) is 50.0 Å². The lowest BCUT2D eigenvalue weighted by atomic mass is 9.95. The van der Waals surface area contributed by atoms with Crippen molar-refractivity contribution in [1.29, 1.82) is 0 Å². The van der Waals surface area contributed by atoms with Gasteiger partial charge in [-0.15, -0.1) is 0 Å². The van der Waals surface area contributed by atoms with Gasteiger partial charge in [0.15, 0.2) is 0 Å². The van der Waals surface area contributed by atoms with Gasteiger partial charge in [0.2, 0.25) is 21.8 Å². The number of halogens is 2. The topological polar surface area (TPSA) is 86.8 Å². The Balaban J connectivity index is 1.98. The fourth-order valence-electron chi connectivity index (χ4n) is 5.03. The summed E-state index contributed by atoms with van der Waals surface area (Å²) in [6, 6.07) is 9.68. The maximum Gasteiger partial charge on any atom is 0.244 e. The van der Waals surface area contributed by atoms with Crippen molar-refractivity contribution in [3.05, 3.63) is 63.1 Å². The molecule has 1 aliphatic rings. The quantitative estimate of drug-likeness (QED) is 0.393. The summed E-state index contributed by atoms with van der Waals surface area (Å²) in [4.78, 5) is 28.8. The van der Waals surface area contributed by atoms with Crippen LogP contribution in [0.3, 0.4) is 0 Å². The van der Waals surface area contributed by atoms with Crippen molar-refractivity contribution in [2.75, 3.05) is 17.1 Å². The Kier molecular flexibility index (Phi) is 10.5. The molecule has 38 heavy (non-hydrogen) atoms. The summed E-state index contributed by atoms with van der Waals surface area (Å²) in [6.07, 6.45) is 6.48. The molecule has 7 nitrogen and oxygen atoms in total. The number of amides is 2. The molecule has 1 fully saturated rings. The standard InChI is InChI=1S/C28H37Cl2N3O4S/c1-5-26(28(35)31-21-10-7-6-8-11-21)32(17-23-24(29)12-9-13-25(23)30)27(34)18-33(38(4,36)37)22-15-19(2)14-20(3)16-22/h9,12-16,21,26H,5-8,10-11,17-18H2,1-4H3,(H,31,35). The molecule has 2 aromatic carbocycles. The summed E-state index contributed by atoms with van der Waals surface area (Å²) >= 11 is 12.9. The number of hydrogen-bond acceptors (Lipinski definition) is 4. The highest BCUT2D eigenvalue weighted by atomic mass is 35.5. The van der Waals surface area contributed by atoms with Gasteiger partial charge in [0, 0.05) is 28.2 Å². The zero-order valence-electron chi connectivity index (χ0n) is 22.5. The summed E-state index contributed by atoms with van der Waals surface area (Å²) in [5.74, 6) is -0.774. The van der Waals surface area contributed by atoms with Crippen molar-refractivity contribution in [2.45, 2.75) is 77.9 Å². The second-order valence-corrected chi connectivity index (χ2v) is 12.8. The molecular formula is C28H37Cl2N3O4S. The summed E-state index contributed by atoms with van der Waals surface area (Å²) in [6.45, 7) is 5.08. The molecule has 1 N–H and O–H groups in total. The highest BCUT2D eigenvalue weighted by Gasteiger charge is 2.33. The van der Waals surface area contributed by atoms with E-state index < -0.39 is 28.5 Å². The number of nitrogens with zero attached hydrogens (tertiary/aromatic N) is 2. The van der Waals surface area contributed by atoms with E-state index in [9.17, 15) is 18.0 Å². The monoisotopic (exact) mass is 581 g/mol. The first-order valence-corrected chi connectivity index (χ1v) is 15.6. The van der Waals surface area contributed by atoms with Gasteiger partial charge >= 0.3 is 0 Å². The van der Waals surface area contributed by atoms with Gasteiger partial charge in [0.25, 0.3) is 0 Å². The second-order valence-electron chi connectivity index (χ2n) is 10.1. The fraction of sp³-hybridized carbons (Fsp3) is 0.500. The van der Waals surface area contributed by atoms with E-state index in [1.807, 2.05) is 26.8 Å². The molecule has 1 atom stereocenters. The smallest absolute Gasteiger partial charge is 0.244 e. The minimum atomic E-state index is -3.81. The number of nitrogens with one attached hydrogen (secondary N) is 1. The van der Waals surface area contributed by atoms with Crippen LogP contribution in [0.15, 0.2) is 36.4 Å². The molecule has 1 unspecified atom stereocenters. The SMILES string of the molecule is CCC(C(=O)NC1CCCCC1)N(Cc1c(Cl)cccc1Cl)C(=O)CN(c1cc(C)cc(C)c1)S(C)(=O)=O. The third-order valence-electron chi connectivity index (χ3n) is 6.90. The molecule has 0 aliphatic heterocycles. The zero-order valence-corrected chi connectivity index (χ0v) is 24.8. The molecule has 1 aliphatic carbocycles. The van der Waals surface area contributed by atoms with Crippen molar-refractivity contribution in [3.63, 3.8) is 0 Å². The van der Waals surface area contributed by atoms with Gasteiger partial charge in [-0.3, -0.25) is 13.9 Å². The lowest BCUT2D eigenvalue weighted by Gasteiger charge is -2.34. The van der Waals surface area contributed by atoms with Crippen LogP contribution in [0.4, 0.5) is 5.69 Å². The van der Waals surface area contributed by atoms with Crippen LogP contribution in [0.25, 0.3) is 0 Å². The van der Waals surface area contributed by atoms with Crippen molar-refractivity contribution < 1.29 is 18.0 Å². The summed E-state index contributed by atoms with van der Waals surface area (Å²) in [5.41, 5.74) is 2.65. The Hall–Kier alpha value is -2.29. The van der Waals surface area contributed by atoms with Crippen LogP contribution < -0.4 is 9.62 Å². The molecule has 0 spiro atoms. The Labute approximate surface area is 236 Å². The van der Waals surface area contributed by atoms with Crippen LogP contribution in [0.1, 0.15) is 62.1 Å². The Morgan fingerprint density at radius 3 is 2.13 bits per heavy atom. The molecule has 1 saturated carbocycles. The first-order chi connectivity index (χ1) is 17.9. The Morgan fingerprint density at radius 1 is 1.03 bits per heavy atom. The molecule has 0 bridgehead atoms. The van der Waals surface area contributed by atoms with E-state index in [2.05, 4.69) is 5.32 Å². The number of sulfonamides is 1. The van der Waals surface area contributed by atoms with Crippen LogP contribution in [0, 0.1) is 13.8 Å². The van der Waals surface area contributed by atoms with Gasteiger partial charge in [-0.2, -0.15) is 0 Å². The van der Waals surface area contributed by atoms with E-state index in [1.54, 1.807) is 30.3 Å². The molecule has 0 radical (unpaired) electrons. The number of hydrogen-bond donors (Lipinski definition) is 1. The van der Waals surface area contributed by atoms with Crippen molar-refractivity contribution in [3.8, 4) is 0 Å². The van der Waals surface area contributed by atoms with E-state index in [0.717, 1.165) is 53.8 Å². The molecule has 0 aromatic heterocycles. The number of carbonyl (C=O) groups is 2. The van der Waals surface area contributed by atoms with Crippen molar-refractivity contribution >= 4 is 50.7 Å². The zero-order chi connectivity index (χ0) is 28.0. The van der Waals surface area contributed by atoms with Crippen LogP contribution in [0.2, 0.25) is 10.0 Å². The maximum atomic E-state index is 13.9. The number of aryl methyl sites for hydroxylation is 2. The van der Waals surface area contributed by atoms with Crippen LogP contribution in [0.5, 0.6) is 0 Å². The predicted molar refractivity (Wildman–Crippen MR) is 154 cm³/mol. The Morgan fingerprint density at radius 2 is 1.61 bits per heavy atom. The number of rotatable bonds is 10. The molecule has 0 saturated heterocycles. The molecule has 0 heterocycles. The molecule has 2 amide bonds. The summed E-state index contributed by atoms with van der Waals surface area (Å²) < 4.78 is 26.8. The number of carbonyl (C=O) groups excluding carboxylic acids is 2. The third-order valence-corrected chi connectivity index (χ3v) is 8.75. The second kappa shape index (κ2) is 13.2. The number of benzene rings is 2.